The Hall–Kier alpha value is -15.8. The Morgan fingerprint density at radius 2 is 0.461 bits per heavy atom. The number of benzene rings is 18. The van der Waals surface area contributed by atoms with Gasteiger partial charge in [-0.15, -0.1) is 0 Å². The van der Waals surface area contributed by atoms with Crippen molar-refractivity contribution in [3.8, 4) is 135 Å². The molecule has 22 aromatic rings. The first-order valence-electron chi connectivity index (χ1n) is 43.5. The number of pyridine rings is 2. The van der Waals surface area contributed by atoms with Gasteiger partial charge in [0.2, 0.25) is 0 Å². The first kappa shape index (κ1) is 74.8. The minimum absolute atomic E-state index is 0.451. The number of nitrogens with zero attached hydrogens (tertiary/aromatic N) is 6. The molecule has 18 aromatic carbocycles. The van der Waals surface area contributed by atoms with E-state index in [2.05, 4.69) is 388 Å². The summed E-state index contributed by atoms with van der Waals surface area (Å²) in [5, 5.41) is 7.13. The zero-order valence-corrected chi connectivity index (χ0v) is 70.9. The van der Waals surface area contributed by atoms with E-state index in [1.54, 1.807) is 0 Å². The van der Waals surface area contributed by atoms with Crippen molar-refractivity contribution in [3.05, 3.63) is 493 Å². The van der Waals surface area contributed by atoms with Crippen LogP contribution in [0, 0.1) is 0 Å². The first-order valence-corrected chi connectivity index (χ1v) is 45.2. The number of rotatable bonds is 10. The first-order chi connectivity index (χ1) is 63.4. The lowest BCUT2D eigenvalue weighted by molar-refractivity contribution is 0.726. The van der Waals surface area contributed by atoms with Crippen LogP contribution in [-0.4, -0.2) is 29.9 Å². The van der Waals surface area contributed by atoms with E-state index < -0.39 is 10.8 Å². The SMILES string of the molecule is c1ccc(-c2cc(-c3ccc(-c4cccc(-c5nc6ccccc6c6c7c(ccc56)C5(c6ccccc6S7)c6ccccc6-c6ccccc65)c4)cc3)nc(-c3ccccc3)n2)cc1.c1ccc(-c2cc(-c3cccc(-c4cccc(-c5nc6ccccc6c6c7c(ccc56)C5(c6ccccc6S7)c6ccccc6-c6ccccc65)c4)c3)nc(-c3ccccc3)n2)cc1. The number of fused-ring (bicyclic) bond motifs is 26. The van der Waals surface area contributed by atoms with Crippen LogP contribution in [-0.2, 0) is 10.8 Å². The molecule has 596 valence electrons. The highest BCUT2D eigenvalue weighted by molar-refractivity contribution is 8.00. The molecule has 6 heterocycles. The third-order valence-electron chi connectivity index (χ3n) is 26.3. The Morgan fingerprint density at radius 1 is 0.172 bits per heavy atom. The second kappa shape index (κ2) is 30.5. The molecule has 0 bridgehead atoms. The van der Waals surface area contributed by atoms with Crippen molar-refractivity contribution in [2.24, 2.45) is 0 Å². The Kier molecular flexibility index (Phi) is 17.8. The topological polar surface area (TPSA) is 77.3 Å². The van der Waals surface area contributed by atoms with Gasteiger partial charge in [-0.05, 0) is 144 Å². The summed E-state index contributed by atoms with van der Waals surface area (Å²) < 4.78 is 0. The molecule has 128 heavy (non-hydrogen) atoms. The van der Waals surface area contributed by atoms with Gasteiger partial charge in [0.25, 0.3) is 0 Å². The molecule has 0 fully saturated rings. The van der Waals surface area contributed by atoms with Gasteiger partial charge in [-0.3, -0.25) is 0 Å². The van der Waals surface area contributed by atoms with Crippen LogP contribution >= 0.6 is 23.5 Å². The molecule has 0 unspecified atom stereocenters. The second-order valence-electron chi connectivity index (χ2n) is 33.3. The van der Waals surface area contributed by atoms with E-state index in [0.29, 0.717) is 11.6 Å². The Bertz CT molecular complexity index is 8060. The second-order valence-corrected chi connectivity index (χ2v) is 35.4. The van der Waals surface area contributed by atoms with Gasteiger partial charge in [-0.25, -0.2) is 29.9 Å². The van der Waals surface area contributed by atoms with E-state index in [1.807, 2.05) is 84.2 Å². The number of para-hydroxylation sites is 2. The summed E-state index contributed by atoms with van der Waals surface area (Å²) >= 11 is 3.80. The highest BCUT2D eigenvalue weighted by Crippen LogP contribution is 2.66. The van der Waals surface area contributed by atoms with Crippen LogP contribution in [0.5, 0.6) is 0 Å². The molecule has 4 aromatic heterocycles. The van der Waals surface area contributed by atoms with Crippen molar-refractivity contribution in [1.82, 2.24) is 29.9 Å². The van der Waals surface area contributed by atoms with Gasteiger partial charge in [-0.2, -0.15) is 0 Å². The molecule has 2 aliphatic carbocycles. The maximum Gasteiger partial charge on any atom is 0.160 e. The monoisotopic (exact) mass is 1660 g/mol. The van der Waals surface area contributed by atoms with Crippen molar-refractivity contribution < 1.29 is 0 Å². The molecular formula is C120H74N6S2. The lowest BCUT2D eigenvalue weighted by Crippen LogP contribution is -2.32. The van der Waals surface area contributed by atoms with Gasteiger partial charge in [0.15, 0.2) is 11.6 Å². The molecule has 0 saturated carbocycles. The Balaban J connectivity index is 0.000000139. The predicted molar refractivity (Wildman–Crippen MR) is 527 cm³/mol. The number of aromatic nitrogens is 6. The molecule has 0 radical (unpaired) electrons. The summed E-state index contributed by atoms with van der Waals surface area (Å²) in [4.78, 5) is 36.3. The Morgan fingerprint density at radius 3 is 0.867 bits per heavy atom. The van der Waals surface area contributed by atoms with Crippen molar-refractivity contribution in [3.63, 3.8) is 0 Å². The molecule has 4 aliphatic rings. The third kappa shape index (κ3) is 12.0. The van der Waals surface area contributed by atoms with E-state index in [-0.39, 0.29) is 0 Å². The molecule has 8 heteroatoms. The summed E-state index contributed by atoms with van der Waals surface area (Å²) in [7, 11) is 0. The zero-order chi connectivity index (χ0) is 84.4. The summed E-state index contributed by atoms with van der Waals surface area (Å²) in [5.74, 6) is 1.41. The molecule has 6 nitrogen and oxygen atoms in total. The van der Waals surface area contributed by atoms with E-state index in [4.69, 9.17) is 29.9 Å². The van der Waals surface area contributed by atoms with Crippen LogP contribution in [0.2, 0.25) is 0 Å². The van der Waals surface area contributed by atoms with Gasteiger partial charge in [-0.1, -0.05) is 418 Å². The van der Waals surface area contributed by atoms with Gasteiger partial charge < -0.3 is 0 Å². The standard InChI is InChI=1S/2C60H37N3S/c1-3-17-38(18-4-1)53-37-54(63-59(62-53)39-19-5-2-6-20-39)42-23-15-21-40(35-42)41-22-16-24-43(36-41)57-47-33-34-51-58(56(47)46-27-9-13-31-52(46)61-57)64-55-32-14-12-30-50(55)60(51)48-28-10-7-25-44(48)45-26-8-11-29-49(45)60;1-3-16-39(17-4-1)53-37-54(63-59(62-53)41-18-5-2-6-19-41)40-32-30-38(31-33-40)42-20-15-21-43(36-42)57-47-34-35-51-58(56(47)46-24-9-13-28-52(46)61-57)64-55-29-14-12-27-50(55)60(51)48-25-10-7-22-44(48)45-23-8-11-26-49(45)60/h2*1-37H. The van der Waals surface area contributed by atoms with E-state index in [9.17, 15) is 0 Å². The number of hydrogen-bond acceptors (Lipinski definition) is 8. The molecule has 26 rings (SSSR count). The quantitative estimate of drug-likeness (QED) is 0.125. The third-order valence-corrected chi connectivity index (χ3v) is 28.7. The van der Waals surface area contributed by atoms with Gasteiger partial charge in [0, 0.05) is 96.4 Å². The van der Waals surface area contributed by atoms with Crippen LogP contribution in [0.15, 0.2) is 468 Å². The maximum atomic E-state index is 5.48. The molecule has 0 N–H and O–H groups in total. The van der Waals surface area contributed by atoms with E-state index >= 15 is 0 Å². The van der Waals surface area contributed by atoms with Crippen LogP contribution in [0.25, 0.3) is 178 Å². The fraction of sp³-hybridized carbons (Fsp3) is 0.0167. The van der Waals surface area contributed by atoms with Gasteiger partial charge in [0.1, 0.15) is 0 Å². The largest absolute Gasteiger partial charge is 0.247 e. The molecular weight excluding hydrogens is 1590 g/mol. The minimum Gasteiger partial charge on any atom is -0.247 e. The van der Waals surface area contributed by atoms with Crippen molar-refractivity contribution in [2.45, 2.75) is 30.4 Å². The zero-order valence-electron chi connectivity index (χ0n) is 69.2. The van der Waals surface area contributed by atoms with Crippen molar-refractivity contribution in [2.75, 3.05) is 0 Å². The lowest BCUT2D eigenvalue weighted by Gasteiger charge is -2.40. The van der Waals surface area contributed by atoms with E-state index in [0.717, 1.165) is 128 Å². The average molecular weight is 1660 g/mol. The highest BCUT2D eigenvalue weighted by atomic mass is 32.2. The van der Waals surface area contributed by atoms with Gasteiger partial charge >= 0.3 is 0 Å². The highest BCUT2D eigenvalue weighted by Gasteiger charge is 2.52. The van der Waals surface area contributed by atoms with Crippen molar-refractivity contribution in [1.29, 1.82) is 0 Å². The average Bonchev–Trinajstić information content (AvgIpc) is 1.48. The summed E-state index contributed by atoms with van der Waals surface area (Å²) in [6.07, 6.45) is 0. The van der Waals surface area contributed by atoms with Crippen LogP contribution < -0.4 is 0 Å². The fourth-order valence-electron chi connectivity index (χ4n) is 20.7. The van der Waals surface area contributed by atoms with Crippen LogP contribution in [0.1, 0.15) is 44.5 Å². The smallest absolute Gasteiger partial charge is 0.160 e. The molecule has 0 amide bonds. The molecule has 0 saturated heterocycles. The summed E-state index contributed by atoms with van der Waals surface area (Å²) in [6.45, 7) is 0. The fourth-order valence-corrected chi connectivity index (χ4v) is 23.4. The summed E-state index contributed by atoms with van der Waals surface area (Å²) in [6, 6.07) is 162. The predicted octanol–water partition coefficient (Wildman–Crippen LogP) is 30.7. The lowest BCUT2D eigenvalue weighted by atomic mass is 9.67. The van der Waals surface area contributed by atoms with E-state index in [1.165, 1.54) is 103 Å². The number of hydrogen-bond donors (Lipinski definition) is 0. The Labute approximate surface area is 749 Å². The van der Waals surface area contributed by atoms with Gasteiger partial charge in [0.05, 0.1) is 56.0 Å². The minimum atomic E-state index is -0.457. The molecule has 2 aliphatic heterocycles. The van der Waals surface area contributed by atoms with Crippen molar-refractivity contribution >= 4 is 66.9 Å². The molecule has 2 spiro atoms. The molecule has 0 atom stereocenters. The normalized spacial score (nSPS) is 13.1. The summed E-state index contributed by atoms with van der Waals surface area (Å²) in [5.41, 5.74) is 35.3. The van der Waals surface area contributed by atoms with Crippen LogP contribution in [0.4, 0.5) is 0 Å². The van der Waals surface area contributed by atoms with Crippen LogP contribution in [0.3, 0.4) is 0 Å². The maximum absolute atomic E-state index is 5.48.